The van der Waals surface area contributed by atoms with Gasteiger partial charge in [-0.05, 0) is 32.7 Å². The van der Waals surface area contributed by atoms with Crippen molar-refractivity contribution in [2.24, 2.45) is 5.92 Å². The summed E-state index contributed by atoms with van der Waals surface area (Å²) in [5, 5.41) is 3.08. The molecule has 0 radical (unpaired) electrons. The number of anilines is 1. The Labute approximate surface area is 110 Å². The molecule has 0 saturated heterocycles. The third kappa shape index (κ3) is 3.67. The fourth-order valence-corrected chi connectivity index (χ4v) is 2.77. The molecule has 4 heteroatoms. The Kier molecular flexibility index (Phi) is 4.53. The molecular weight excluding hydrogens is 224 g/mol. The molecule has 0 atom stereocenters. The first-order valence-electron chi connectivity index (χ1n) is 6.88. The van der Waals surface area contributed by atoms with Crippen molar-refractivity contribution in [1.29, 1.82) is 0 Å². The molecule has 0 aromatic carbocycles. The van der Waals surface area contributed by atoms with Crippen LogP contribution in [0.4, 0.5) is 5.82 Å². The number of hydrogen-bond donors (Lipinski definition) is 1. The van der Waals surface area contributed by atoms with Crippen molar-refractivity contribution in [2.75, 3.05) is 26.0 Å². The van der Waals surface area contributed by atoms with E-state index in [0.717, 1.165) is 29.8 Å². The van der Waals surface area contributed by atoms with E-state index in [1.165, 1.54) is 32.2 Å². The zero-order chi connectivity index (χ0) is 13.0. The van der Waals surface area contributed by atoms with Gasteiger partial charge in [0.2, 0.25) is 0 Å². The molecule has 4 nitrogen and oxygen atoms in total. The van der Waals surface area contributed by atoms with E-state index in [2.05, 4.69) is 27.2 Å². The van der Waals surface area contributed by atoms with Crippen molar-refractivity contribution in [2.45, 2.75) is 39.2 Å². The molecule has 1 aliphatic rings. The quantitative estimate of drug-likeness (QED) is 0.869. The summed E-state index contributed by atoms with van der Waals surface area (Å²) in [5.41, 5.74) is 1.03. The van der Waals surface area contributed by atoms with Crippen LogP contribution in [0, 0.1) is 12.8 Å². The van der Waals surface area contributed by atoms with Crippen molar-refractivity contribution < 1.29 is 0 Å². The van der Waals surface area contributed by atoms with Gasteiger partial charge in [-0.1, -0.05) is 12.8 Å². The monoisotopic (exact) mass is 248 g/mol. The van der Waals surface area contributed by atoms with Crippen LogP contribution in [0.5, 0.6) is 0 Å². The van der Waals surface area contributed by atoms with Crippen LogP contribution in [0.25, 0.3) is 0 Å². The largest absolute Gasteiger partial charge is 0.373 e. The lowest BCUT2D eigenvalue weighted by Gasteiger charge is -2.20. The maximum atomic E-state index is 4.50. The molecule has 100 valence electrons. The molecule has 1 fully saturated rings. The molecule has 0 amide bonds. The van der Waals surface area contributed by atoms with E-state index < -0.39 is 0 Å². The van der Waals surface area contributed by atoms with Gasteiger partial charge in [-0.15, -0.1) is 0 Å². The number of nitrogens with one attached hydrogen (secondary N) is 1. The van der Waals surface area contributed by atoms with E-state index in [0.29, 0.717) is 0 Å². The third-order valence-electron chi connectivity index (χ3n) is 3.61. The summed E-state index contributed by atoms with van der Waals surface area (Å²) in [6, 6.07) is 1.97. The van der Waals surface area contributed by atoms with Crippen molar-refractivity contribution in [1.82, 2.24) is 14.9 Å². The Hall–Kier alpha value is -1.16. The van der Waals surface area contributed by atoms with E-state index in [1.807, 2.05) is 20.0 Å². The summed E-state index contributed by atoms with van der Waals surface area (Å²) in [6.45, 7) is 4.03. The first-order chi connectivity index (χ1) is 8.67. The van der Waals surface area contributed by atoms with Gasteiger partial charge in [0.1, 0.15) is 11.6 Å². The predicted octanol–water partition coefficient (Wildman–Crippen LogP) is 2.45. The second kappa shape index (κ2) is 6.14. The summed E-state index contributed by atoms with van der Waals surface area (Å²) in [7, 11) is 4.07. The average molecular weight is 248 g/mol. The molecule has 0 bridgehead atoms. The first kappa shape index (κ1) is 13.3. The Morgan fingerprint density at radius 3 is 2.72 bits per heavy atom. The maximum absolute atomic E-state index is 4.50. The minimum atomic E-state index is 0.840. The van der Waals surface area contributed by atoms with Gasteiger partial charge >= 0.3 is 0 Å². The van der Waals surface area contributed by atoms with Crippen molar-refractivity contribution >= 4 is 5.82 Å². The minimum Gasteiger partial charge on any atom is -0.373 e. The molecule has 18 heavy (non-hydrogen) atoms. The first-order valence-corrected chi connectivity index (χ1v) is 6.88. The third-order valence-corrected chi connectivity index (χ3v) is 3.61. The summed E-state index contributed by atoms with van der Waals surface area (Å²) in [6.07, 6.45) is 5.59. The molecule has 0 unspecified atom stereocenters. The lowest BCUT2D eigenvalue weighted by molar-refractivity contribution is 0.265. The molecule has 2 rings (SSSR count). The van der Waals surface area contributed by atoms with Crippen molar-refractivity contribution in [3.05, 3.63) is 17.6 Å². The van der Waals surface area contributed by atoms with Crippen LogP contribution in [-0.4, -0.2) is 35.5 Å². The van der Waals surface area contributed by atoms with Gasteiger partial charge in [0.25, 0.3) is 0 Å². The van der Waals surface area contributed by atoms with Crippen LogP contribution in [0.1, 0.15) is 37.2 Å². The zero-order valence-electron chi connectivity index (χ0n) is 11.7. The van der Waals surface area contributed by atoms with E-state index in [4.69, 9.17) is 0 Å². The lowest BCUT2D eigenvalue weighted by atomic mass is 10.1. The van der Waals surface area contributed by atoms with Gasteiger partial charge < -0.3 is 5.32 Å². The number of aryl methyl sites for hydroxylation is 1. The van der Waals surface area contributed by atoms with Gasteiger partial charge in [-0.3, -0.25) is 4.90 Å². The Morgan fingerprint density at radius 2 is 2.06 bits per heavy atom. The van der Waals surface area contributed by atoms with Gasteiger partial charge in [-0.2, -0.15) is 0 Å². The highest BCUT2D eigenvalue weighted by molar-refractivity contribution is 5.34. The van der Waals surface area contributed by atoms with Gasteiger partial charge in [-0.25, -0.2) is 9.97 Å². The number of aromatic nitrogens is 2. The fraction of sp³-hybridized carbons (Fsp3) is 0.714. The number of hydrogen-bond acceptors (Lipinski definition) is 4. The normalized spacial score (nSPS) is 16.4. The van der Waals surface area contributed by atoms with Crippen LogP contribution < -0.4 is 5.32 Å². The fourth-order valence-electron chi connectivity index (χ4n) is 2.77. The van der Waals surface area contributed by atoms with Gasteiger partial charge in [0, 0.05) is 25.4 Å². The van der Waals surface area contributed by atoms with Crippen LogP contribution in [-0.2, 0) is 6.54 Å². The molecule has 0 spiro atoms. The van der Waals surface area contributed by atoms with E-state index in [9.17, 15) is 0 Å². The highest BCUT2D eigenvalue weighted by Gasteiger charge is 2.17. The topological polar surface area (TPSA) is 41.1 Å². The van der Waals surface area contributed by atoms with E-state index >= 15 is 0 Å². The lowest BCUT2D eigenvalue weighted by Crippen LogP contribution is -2.25. The predicted molar refractivity (Wildman–Crippen MR) is 74.6 cm³/mol. The summed E-state index contributed by atoms with van der Waals surface area (Å²) >= 11 is 0. The molecule has 1 aromatic heterocycles. The number of nitrogens with zero attached hydrogens (tertiary/aromatic N) is 3. The summed E-state index contributed by atoms with van der Waals surface area (Å²) in [5.74, 6) is 2.70. The molecule has 1 N–H and O–H groups in total. The highest BCUT2D eigenvalue weighted by Crippen LogP contribution is 2.25. The highest BCUT2D eigenvalue weighted by atomic mass is 15.1. The molecule has 1 saturated carbocycles. The number of rotatable bonds is 5. The van der Waals surface area contributed by atoms with Crippen LogP contribution in [0.3, 0.4) is 0 Å². The van der Waals surface area contributed by atoms with E-state index in [-0.39, 0.29) is 0 Å². The minimum absolute atomic E-state index is 0.840. The standard InChI is InChI=1S/C14H24N4/c1-11-8-13(15-2)17-14(16-11)10-18(3)9-12-6-4-5-7-12/h8,12H,4-7,9-10H2,1-3H3,(H,15,16,17). The molecule has 1 heterocycles. The molecule has 1 aliphatic carbocycles. The van der Waals surface area contributed by atoms with Gasteiger partial charge in [0.15, 0.2) is 0 Å². The Bertz CT molecular complexity index is 385. The smallest absolute Gasteiger partial charge is 0.144 e. The van der Waals surface area contributed by atoms with Gasteiger partial charge in [0.05, 0.1) is 6.54 Å². The zero-order valence-corrected chi connectivity index (χ0v) is 11.7. The Morgan fingerprint density at radius 1 is 1.33 bits per heavy atom. The van der Waals surface area contributed by atoms with Crippen LogP contribution in [0.15, 0.2) is 6.07 Å². The SMILES string of the molecule is CNc1cc(C)nc(CN(C)CC2CCCC2)n1. The van der Waals surface area contributed by atoms with E-state index in [1.54, 1.807) is 0 Å². The maximum Gasteiger partial charge on any atom is 0.144 e. The summed E-state index contributed by atoms with van der Waals surface area (Å²) in [4.78, 5) is 11.4. The summed E-state index contributed by atoms with van der Waals surface area (Å²) < 4.78 is 0. The Balaban J connectivity index is 1.93. The molecule has 0 aliphatic heterocycles. The molecule has 1 aromatic rings. The van der Waals surface area contributed by atoms with Crippen LogP contribution >= 0.6 is 0 Å². The van der Waals surface area contributed by atoms with Crippen LogP contribution in [0.2, 0.25) is 0 Å². The second-order valence-corrected chi connectivity index (χ2v) is 5.41. The second-order valence-electron chi connectivity index (χ2n) is 5.41. The van der Waals surface area contributed by atoms with Crippen molar-refractivity contribution in [3.63, 3.8) is 0 Å². The molecular formula is C14H24N4. The van der Waals surface area contributed by atoms with Crippen molar-refractivity contribution in [3.8, 4) is 0 Å². The average Bonchev–Trinajstić information content (AvgIpc) is 2.80.